The van der Waals surface area contributed by atoms with Crippen molar-refractivity contribution in [1.29, 1.82) is 0 Å². The number of rotatable bonds is 6. The standard InChI is InChI=1S/C21H18N4O4/c26-19-13-29-21(28)25(19)12-18(15-9-5-2-6-10-15)22-20(27)17-11-16(23-24-17)14-7-3-1-4-8-14/h1-11,18H,12-13H2,(H,22,27)(H,23,24). The molecule has 3 amide bonds. The molecule has 0 radical (unpaired) electrons. The van der Waals surface area contributed by atoms with Crippen LogP contribution in [0.5, 0.6) is 0 Å². The zero-order valence-corrected chi connectivity index (χ0v) is 15.4. The number of aromatic nitrogens is 2. The fraction of sp³-hybridized carbons (Fsp3) is 0.143. The van der Waals surface area contributed by atoms with Crippen LogP contribution in [-0.4, -0.2) is 46.2 Å². The molecule has 1 unspecified atom stereocenters. The van der Waals surface area contributed by atoms with Gasteiger partial charge in [-0.1, -0.05) is 60.7 Å². The molecule has 29 heavy (non-hydrogen) atoms. The van der Waals surface area contributed by atoms with Crippen LogP contribution < -0.4 is 5.32 Å². The van der Waals surface area contributed by atoms with E-state index in [9.17, 15) is 14.4 Å². The van der Waals surface area contributed by atoms with E-state index < -0.39 is 23.9 Å². The minimum atomic E-state index is -0.710. The average Bonchev–Trinajstić information content (AvgIpc) is 3.37. The van der Waals surface area contributed by atoms with E-state index >= 15 is 0 Å². The summed E-state index contributed by atoms with van der Waals surface area (Å²) in [6.45, 7) is -0.303. The maximum Gasteiger partial charge on any atom is 0.417 e. The predicted molar refractivity (Wildman–Crippen MR) is 104 cm³/mol. The van der Waals surface area contributed by atoms with Crippen molar-refractivity contribution in [2.75, 3.05) is 13.2 Å². The summed E-state index contributed by atoms with van der Waals surface area (Å²) in [5.41, 5.74) is 2.56. The molecule has 8 heteroatoms. The first-order valence-corrected chi connectivity index (χ1v) is 9.05. The second-order valence-corrected chi connectivity index (χ2v) is 6.53. The molecule has 0 saturated carbocycles. The molecular formula is C21H18N4O4. The van der Waals surface area contributed by atoms with Gasteiger partial charge in [0.15, 0.2) is 6.61 Å². The van der Waals surface area contributed by atoms with E-state index in [0.29, 0.717) is 5.69 Å². The maximum atomic E-state index is 12.8. The topological polar surface area (TPSA) is 104 Å². The number of nitrogens with one attached hydrogen (secondary N) is 2. The van der Waals surface area contributed by atoms with Crippen molar-refractivity contribution in [1.82, 2.24) is 20.4 Å². The van der Waals surface area contributed by atoms with Crippen LogP contribution in [0.25, 0.3) is 11.3 Å². The quantitative estimate of drug-likeness (QED) is 0.673. The summed E-state index contributed by atoms with van der Waals surface area (Å²) in [7, 11) is 0. The van der Waals surface area contributed by atoms with E-state index in [0.717, 1.165) is 16.0 Å². The van der Waals surface area contributed by atoms with Gasteiger partial charge in [-0.05, 0) is 11.6 Å². The maximum absolute atomic E-state index is 12.8. The number of aromatic amines is 1. The number of cyclic esters (lactones) is 1. The van der Waals surface area contributed by atoms with Crippen LogP contribution >= 0.6 is 0 Å². The Labute approximate surface area is 166 Å². The highest BCUT2D eigenvalue weighted by Gasteiger charge is 2.34. The number of H-pyrrole nitrogens is 1. The summed E-state index contributed by atoms with van der Waals surface area (Å²) in [6.07, 6.45) is -0.710. The third-order valence-corrected chi connectivity index (χ3v) is 4.61. The van der Waals surface area contributed by atoms with E-state index in [-0.39, 0.29) is 18.8 Å². The molecule has 2 aromatic carbocycles. The van der Waals surface area contributed by atoms with Crippen LogP contribution in [0.2, 0.25) is 0 Å². The Morgan fingerprint density at radius 2 is 1.79 bits per heavy atom. The Bertz CT molecular complexity index is 1020. The molecule has 4 rings (SSSR count). The van der Waals surface area contributed by atoms with Crippen LogP contribution in [0.3, 0.4) is 0 Å². The van der Waals surface area contributed by atoms with Gasteiger partial charge in [-0.3, -0.25) is 14.7 Å². The van der Waals surface area contributed by atoms with Crippen molar-refractivity contribution in [3.05, 3.63) is 78.0 Å². The van der Waals surface area contributed by atoms with Gasteiger partial charge in [-0.25, -0.2) is 9.69 Å². The second-order valence-electron chi connectivity index (χ2n) is 6.53. The Hall–Kier alpha value is -3.94. The van der Waals surface area contributed by atoms with Crippen LogP contribution in [0, 0.1) is 0 Å². The molecule has 0 bridgehead atoms. The average molecular weight is 390 g/mol. The smallest absolute Gasteiger partial charge is 0.417 e. The molecule has 0 spiro atoms. The summed E-state index contributed by atoms with van der Waals surface area (Å²) in [5, 5.41) is 9.80. The normalized spacial score (nSPS) is 14.6. The fourth-order valence-electron chi connectivity index (χ4n) is 3.09. The molecule has 1 aromatic heterocycles. The van der Waals surface area contributed by atoms with Gasteiger partial charge in [0.2, 0.25) is 0 Å². The minimum absolute atomic E-state index is 0.0207. The third kappa shape index (κ3) is 4.01. The number of benzene rings is 2. The van der Waals surface area contributed by atoms with Crippen molar-refractivity contribution in [2.24, 2.45) is 0 Å². The molecule has 2 heterocycles. The monoisotopic (exact) mass is 390 g/mol. The lowest BCUT2D eigenvalue weighted by Gasteiger charge is -2.22. The van der Waals surface area contributed by atoms with Crippen molar-refractivity contribution in [2.45, 2.75) is 6.04 Å². The van der Waals surface area contributed by atoms with Crippen LogP contribution in [0.4, 0.5) is 4.79 Å². The molecule has 1 atom stereocenters. The van der Waals surface area contributed by atoms with Gasteiger partial charge in [-0.2, -0.15) is 5.10 Å². The zero-order valence-electron chi connectivity index (χ0n) is 15.4. The Kier molecular flexibility index (Phi) is 5.07. The number of carbonyl (C=O) groups excluding carboxylic acids is 3. The largest absolute Gasteiger partial charge is 0.439 e. The summed E-state index contributed by atoms with van der Waals surface area (Å²) in [6, 6.07) is 19.7. The number of nitrogens with zero attached hydrogens (tertiary/aromatic N) is 2. The molecular weight excluding hydrogens is 372 g/mol. The molecule has 1 aliphatic rings. The summed E-state index contributed by atoms with van der Waals surface area (Å²) >= 11 is 0. The van der Waals surface area contributed by atoms with Crippen LogP contribution in [-0.2, 0) is 9.53 Å². The van der Waals surface area contributed by atoms with Gasteiger partial charge in [0.1, 0.15) is 5.69 Å². The molecule has 1 fully saturated rings. The molecule has 146 valence electrons. The van der Waals surface area contributed by atoms with Crippen molar-refractivity contribution in [3.63, 3.8) is 0 Å². The second kappa shape index (κ2) is 7.97. The minimum Gasteiger partial charge on any atom is -0.439 e. The first kappa shape index (κ1) is 18.4. The zero-order chi connectivity index (χ0) is 20.2. The first-order valence-electron chi connectivity index (χ1n) is 9.05. The van der Waals surface area contributed by atoms with Gasteiger partial charge < -0.3 is 10.1 Å². The van der Waals surface area contributed by atoms with E-state index in [1.54, 1.807) is 6.07 Å². The highest BCUT2D eigenvalue weighted by Crippen LogP contribution is 2.20. The molecule has 3 aromatic rings. The molecule has 2 N–H and O–H groups in total. The van der Waals surface area contributed by atoms with E-state index in [1.807, 2.05) is 60.7 Å². The Balaban J connectivity index is 1.54. The predicted octanol–water partition coefficient (Wildman–Crippen LogP) is 2.53. The van der Waals surface area contributed by atoms with E-state index in [2.05, 4.69) is 15.5 Å². The lowest BCUT2D eigenvalue weighted by Crippen LogP contribution is -2.40. The van der Waals surface area contributed by atoms with Crippen LogP contribution in [0.15, 0.2) is 66.7 Å². The molecule has 1 aliphatic heterocycles. The molecule has 8 nitrogen and oxygen atoms in total. The highest BCUT2D eigenvalue weighted by atomic mass is 16.6. The van der Waals surface area contributed by atoms with Gasteiger partial charge >= 0.3 is 6.09 Å². The summed E-state index contributed by atoms with van der Waals surface area (Å²) in [5.74, 6) is -0.827. The number of carbonyl (C=O) groups is 3. The number of ether oxygens (including phenoxy) is 1. The lowest BCUT2D eigenvalue weighted by molar-refractivity contribution is -0.126. The number of hydrogen-bond donors (Lipinski definition) is 2. The van der Waals surface area contributed by atoms with Crippen molar-refractivity contribution in [3.8, 4) is 11.3 Å². The fourth-order valence-corrected chi connectivity index (χ4v) is 3.09. The number of hydrogen-bond acceptors (Lipinski definition) is 5. The Morgan fingerprint density at radius 1 is 1.10 bits per heavy atom. The third-order valence-electron chi connectivity index (χ3n) is 4.61. The van der Waals surface area contributed by atoms with Crippen LogP contribution in [0.1, 0.15) is 22.1 Å². The van der Waals surface area contributed by atoms with Gasteiger partial charge in [0, 0.05) is 5.56 Å². The summed E-state index contributed by atoms with van der Waals surface area (Å²) in [4.78, 5) is 37.5. The number of amides is 3. The Morgan fingerprint density at radius 3 is 2.45 bits per heavy atom. The van der Waals surface area contributed by atoms with Gasteiger partial charge in [0.25, 0.3) is 11.8 Å². The number of imide groups is 1. The lowest BCUT2D eigenvalue weighted by atomic mass is 10.1. The first-order chi connectivity index (χ1) is 14.1. The summed E-state index contributed by atoms with van der Waals surface area (Å²) < 4.78 is 4.77. The molecule has 1 saturated heterocycles. The van der Waals surface area contributed by atoms with Gasteiger partial charge in [0.05, 0.1) is 18.3 Å². The molecule has 0 aliphatic carbocycles. The SMILES string of the molecule is O=C(NC(CN1C(=O)COC1=O)c1ccccc1)c1cc(-c2ccccc2)n[nH]1. The van der Waals surface area contributed by atoms with E-state index in [4.69, 9.17) is 4.74 Å². The highest BCUT2D eigenvalue weighted by molar-refractivity contribution is 5.98. The van der Waals surface area contributed by atoms with E-state index in [1.165, 1.54) is 0 Å². The van der Waals surface area contributed by atoms with Crippen molar-refractivity contribution >= 4 is 17.9 Å². The van der Waals surface area contributed by atoms with Gasteiger partial charge in [-0.15, -0.1) is 0 Å². The van der Waals surface area contributed by atoms with Crippen molar-refractivity contribution < 1.29 is 19.1 Å².